The highest BCUT2D eigenvalue weighted by atomic mass is 35.5. The maximum Gasteiger partial charge on any atom is 0.416 e. The molecule has 0 heterocycles. The molecule has 170 valence electrons. The summed E-state index contributed by atoms with van der Waals surface area (Å²) in [7, 11) is -4.24. The average molecular weight is 504 g/mol. The van der Waals surface area contributed by atoms with Crippen LogP contribution in [0.25, 0.3) is 0 Å². The Morgan fingerprint density at radius 3 is 2.34 bits per heavy atom. The van der Waals surface area contributed by atoms with Gasteiger partial charge in [-0.1, -0.05) is 47.5 Å². The van der Waals surface area contributed by atoms with Crippen molar-refractivity contribution in [3.8, 4) is 5.75 Å². The van der Waals surface area contributed by atoms with Gasteiger partial charge in [-0.2, -0.15) is 13.2 Å². The first kappa shape index (κ1) is 24.2. The fourth-order valence-corrected chi connectivity index (χ4v) is 4.89. The van der Waals surface area contributed by atoms with Crippen molar-refractivity contribution in [2.45, 2.75) is 24.6 Å². The van der Waals surface area contributed by atoms with Crippen molar-refractivity contribution >= 4 is 38.9 Å². The summed E-state index contributed by atoms with van der Waals surface area (Å²) in [5, 5.41) is 0.735. The van der Waals surface area contributed by atoms with Gasteiger partial charge in [-0.25, -0.2) is 8.42 Å². The van der Waals surface area contributed by atoms with E-state index in [4.69, 9.17) is 27.9 Å². The number of ether oxygens (including phenoxy) is 1. The van der Waals surface area contributed by atoms with Crippen LogP contribution in [0.5, 0.6) is 5.75 Å². The standard InChI is InChI=1S/C22H18Cl2F3NO3S/c1-2-28(32(29,30)19-10-4-7-16(12-19)22(25,26)27)17-8-5-9-18(13-17)31-14-15-6-3-11-20(23)21(15)24/h3-13H,2,14H2,1H3. The molecule has 10 heteroatoms. The first-order valence-corrected chi connectivity index (χ1v) is 11.6. The van der Waals surface area contributed by atoms with Gasteiger partial charge in [0.2, 0.25) is 0 Å². The molecule has 0 radical (unpaired) electrons. The third-order valence-electron chi connectivity index (χ3n) is 4.57. The summed E-state index contributed by atoms with van der Waals surface area (Å²) in [6.45, 7) is 1.68. The number of hydrogen-bond donors (Lipinski definition) is 0. The molecule has 4 nitrogen and oxygen atoms in total. The minimum Gasteiger partial charge on any atom is -0.489 e. The van der Waals surface area contributed by atoms with E-state index < -0.39 is 26.7 Å². The van der Waals surface area contributed by atoms with Crippen LogP contribution in [-0.2, 0) is 22.8 Å². The summed E-state index contributed by atoms with van der Waals surface area (Å²) >= 11 is 12.2. The van der Waals surface area contributed by atoms with Crippen LogP contribution in [0.1, 0.15) is 18.1 Å². The van der Waals surface area contributed by atoms with Crippen molar-refractivity contribution in [2.75, 3.05) is 10.8 Å². The van der Waals surface area contributed by atoms with Crippen LogP contribution in [-0.4, -0.2) is 15.0 Å². The fraction of sp³-hybridized carbons (Fsp3) is 0.182. The normalized spacial score (nSPS) is 11.9. The van der Waals surface area contributed by atoms with Crippen LogP contribution < -0.4 is 9.04 Å². The predicted octanol–water partition coefficient (Wildman–Crippen LogP) is 6.81. The number of alkyl halides is 3. The number of benzene rings is 3. The lowest BCUT2D eigenvalue weighted by atomic mass is 10.2. The highest BCUT2D eigenvalue weighted by molar-refractivity contribution is 7.92. The minimum absolute atomic E-state index is 0.00214. The molecule has 0 aliphatic rings. The number of nitrogens with zero attached hydrogens (tertiary/aromatic N) is 1. The maximum atomic E-state index is 13.1. The molecule has 0 spiro atoms. The van der Waals surface area contributed by atoms with Gasteiger partial charge in [0.1, 0.15) is 12.4 Å². The quantitative estimate of drug-likeness (QED) is 0.355. The predicted molar refractivity (Wildman–Crippen MR) is 119 cm³/mol. The zero-order chi connectivity index (χ0) is 23.5. The first-order chi connectivity index (χ1) is 15.0. The molecule has 0 saturated carbocycles. The Morgan fingerprint density at radius 2 is 1.66 bits per heavy atom. The molecule has 0 aliphatic carbocycles. The van der Waals surface area contributed by atoms with Crippen molar-refractivity contribution in [1.82, 2.24) is 0 Å². The van der Waals surface area contributed by atoms with Gasteiger partial charge in [0.25, 0.3) is 10.0 Å². The molecule has 0 bridgehead atoms. The molecule has 0 amide bonds. The SMILES string of the molecule is CCN(c1cccc(OCc2cccc(Cl)c2Cl)c1)S(=O)(=O)c1cccc(C(F)(F)F)c1. The summed E-state index contributed by atoms with van der Waals surface area (Å²) in [5.41, 5.74) is -0.141. The zero-order valence-corrected chi connectivity index (χ0v) is 19.1. The highest BCUT2D eigenvalue weighted by Crippen LogP contribution is 2.33. The average Bonchev–Trinajstić information content (AvgIpc) is 2.75. The smallest absolute Gasteiger partial charge is 0.416 e. The second kappa shape index (κ2) is 9.60. The van der Waals surface area contributed by atoms with Gasteiger partial charge < -0.3 is 4.74 Å². The number of anilines is 1. The Balaban J connectivity index is 1.88. The Hall–Kier alpha value is -2.42. The monoisotopic (exact) mass is 503 g/mol. The van der Waals surface area contributed by atoms with Crippen LogP contribution in [0.3, 0.4) is 0 Å². The molecule has 0 N–H and O–H groups in total. The molecule has 3 rings (SSSR count). The zero-order valence-electron chi connectivity index (χ0n) is 16.7. The second-order valence-electron chi connectivity index (χ2n) is 6.69. The second-order valence-corrected chi connectivity index (χ2v) is 9.34. The van der Waals surface area contributed by atoms with E-state index in [1.165, 1.54) is 12.1 Å². The summed E-state index contributed by atoms with van der Waals surface area (Å²) in [5.74, 6) is 0.358. The van der Waals surface area contributed by atoms with E-state index in [1.54, 1.807) is 37.3 Å². The van der Waals surface area contributed by atoms with E-state index in [2.05, 4.69) is 0 Å². The van der Waals surface area contributed by atoms with Crippen LogP contribution in [0.4, 0.5) is 18.9 Å². The molecule has 3 aromatic carbocycles. The molecule has 0 aliphatic heterocycles. The molecule has 0 atom stereocenters. The van der Waals surface area contributed by atoms with E-state index in [9.17, 15) is 21.6 Å². The molecule has 0 aromatic heterocycles. The van der Waals surface area contributed by atoms with Crippen molar-refractivity contribution in [2.24, 2.45) is 0 Å². The van der Waals surface area contributed by atoms with Gasteiger partial charge in [-0.3, -0.25) is 4.31 Å². The number of rotatable bonds is 7. The molecular weight excluding hydrogens is 486 g/mol. The Kier molecular flexibility index (Phi) is 7.27. The number of sulfonamides is 1. The lowest BCUT2D eigenvalue weighted by molar-refractivity contribution is -0.137. The van der Waals surface area contributed by atoms with Gasteiger partial charge in [-0.15, -0.1) is 0 Å². The molecule has 0 unspecified atom stereocenters. The number of halogens is 5. The van der Waals surface area contributed by atoms with Crippen molar-refractivity contribution in [3.05, 3.63) is 87.9 Å². The van der Waals surface area contributed by atoms with Crippen LogP contribution >= 0.6 is 23.2 Å². The molecule has 32 heavy (non-hydrogen) atoms. The third kappa shape index (κ3) is 5.31. The van der Waals surface area contributed by atoms with Gasteiger partial charge in [0.05, 0.1) is 26.2 Å². The van der Waals surface area contributed by atoms with Gasteiger partial charge in [0, 0.05) is 18.2 Å². The topological polar surface area (TPSA) is 46.6 Å². The first-order valence-electron chi connectivity index (χ1n) is 9.39. The van der Waals surface area contributed by atoms with E-state index in [1.807, 2.05) is 0 Å². The van der Waals surface area contributed by atoms with Gasteiger partial charge >= 0.3 is 6.18 Å². The maximum absolute atomic E-state index is 13.1. The Bertz CT molecular complexity index is 1220. The minimum atomic E-state index is -4.65. The van der Waals surface area contributed by atoms with E-state index >= 15 is 0 Å². The highest BCUT2D eigenvalue weighted by Gasteiger charge is 2.33. The van der Waals surface area contributed by atoms with Crippen molar-refractivity contribution in [1.29, 1.82) is 0 Å². The fourth-order valence-electron chi connectivity index (χ4n) is 3.00. The largest absolute Gasteiger partial charge is 0.489 e. The summed E-state index contributed by atoms with van der Waals surface area (Å²) < 4.78 is 72.1. The van der Waals surface area contributed by atoms with E-state index in [0.717, 1.165) is 22.5 Å². The van der Waals surface area contributed by atoms with Crippen molar-refractivity contribution < 1.29 is 26.3 Å². The van der Waals surface area contributed by atoms with Crippen molar-refractivity contribution in [3.63, 3.8) is 0 Å². The summed E-state index contributed by atoms with van der Waals surface area (Å²) in [6.07, 6.45) is -4.65. The van der Waals surface area contributed by atoms with Gasteiger partial charge in [-0.05, 0) is 43.3 Å². The van der Waals surface area contributed by atoms with E-state index in [0.29, 0.717) is 27.4 Å². The Labute approximate surface area is 194 Å². The van der Waals surface area contributed by atoms with Crippen LogP contribution in [0.15, 0.2) is 71.6 Å². The van der Waals surface area contributed by atoms with Gasteiger partial charge in [0.15, 0.2) is 0 Å². The molecule has 0 fully saturated rings. The van der Waals surface area contributed by atoms with E-state index in [-0.39, 0.29) is 18.8 Å². The molecule has 0 saturated heterocycles. The number of hydrogen-bond acceptors (Lipinski definition) is 3. The summed E-state index contributed by atoms with van der Waals surface area (Å²) in [4.78, 5) is -0.453. The molecule has 3 aromatic rings. The Morgan fingerprint density at radius 1 is 0.969 bits per heavy atom. The van der Waals surface area contributed by atoms with Crippen LogP contribution in [0.2, 0.25) is 10.0 Å². The molecular formula is C22H18Cl2F3NO3S. The lowest BCUT2D eigenvalue weighted by Gasteiger charge is -2.24. The summed E-state index contributed by atoms with van der Waals surface area (Å²) in [6, 6.07) is 15.0. The van der Waals surface area contributed by atoms with Crippen LogP contribution in [0, 0.1) is 0 Å². The lowest BCUT2D eigenvalue weighted by Crippen LogP contribution is -2.31. The third-order valence-corrected chi connectivity index (χ3v) is 7.33.